The molecule has 5 nitrogen and oxygen atoms in total. The van der Waals surface area contributed by atoms with Gasteiger partial charge in [-0.15, -0.1) is 0 Å². The Morgan fingerprint density at radius 2 is 2.15 bits per heavy atom. The summed E-state index contributed by atoms with van der Waals surface area (Å²) in [6.07, 6.45) is 2.39. The van der Waals surface area contributed by atoms with Crippen molar-refractivity contribution >= 4 is 35.0 Å². The van der Waals surface area contributed by atoms with Gasteiger partial charge in [0.05, 0.1) is 23.6 Å². The van der Waals surface area contributed by atoms with Crippen molar-refractivity contribution in [3.8, 4) is 11.8 Å². The summed E-state index contributed by atoms with van der Waals surface area (Å²) in [5, 5.41) is 12.9. The van der Waals surface area contributed by atoms with E-state index in [1.54, 1.807) is 24.3 Å². The summed E-state index contributed by atoms with van der Waals surface area (Å²) >= 11 is 7.33. The molecule has 2 rings (SSSR count). The van der Waals surface area contributed by atoms with Crippen LogP contribution in [0.5, 0.6) is 5.75 Å². The van der Waals surface area contributed by atoms with Gasteiger partial charge >= 0.3 is 0 Å². The molecule has 27 heavy (non-hydrogen) atoms. The highest BCUT2D eigenvalue weighted by molar-refractivity contribution is 8.00. The third-order valence-corrected chi connectivity index (χ3v) is 5.48. The zero-order chi connectivity index (χ0) is 19.8. The number of amides is 1. The molecule has 0 aliphatic rings. The van der Waals surface area contributed by atoms with Gasteiger partial charge in [0.25, 0.3) is 0 Å². The molecule has 1 atom stereocenters. The van der Waals surface area contributed by atoms with Crippen molar-refractivity contribution in [2.45, 2.75) is 43.4 Å². The van der Waals surface area contributed by atoms with Crippen LogP contribution in [-0.2, 0) is 11.2 Å². The quantitative estimate of drug-likeness (QED) is 0.622. The van der Waals surface area contributed by atoms with Crippen molar-refractivity contribution in [2.24, 2.45) is 0 Å². The summed E-state index contributed by atoms with van der Waals surface area (Å²) in [4.78, 5) is 17.4. The Bertz CT molecular complexity index is 852. The van der Waals surface area contributed by atoms with E-state index in [1.807, 2.05) is 13.0 Å². The molecule has 1 amide bonds. The molecular weight excluding hydrogens is 382 g/mol. The Kier molecular flexibility index (Phi) is 7.96. The predicted octanol–water partition coefficient (Wildman–Crippen LogP) is 5.08. The number of benzene rings is 1. The van der Waals surface area contributed by atoms with Crippen LogP contribution >= 0.6 is 23.4 Å². The number of nitrogens with zero attached hydrogens (tertiary/aromatic N) is 2. The van der Waals surface area contributed by atoms with Gasteiger partial charge in [0.2, 0.25) is 5.91 Å². The molecule has 0 saturated carbocycles. The predicted molar refractivity (Wildman–Crippen MR) is 110 cm³/mol. The summed E-state index contributed by atoms with van der Waals surface area (Å²) in [7, 11) is 1.54. The maximum absolute atomic E-state index is 12.8. The maximum Gasteiger partial charge on any atom is 0.238 e. The summed E-state index contributed by atoms with van der Waals surface area (Å²) in [5.74, 6) is 0.350. The van der Waals surface area contributed by atoms with Crippen molar-refractivity contribution in [3.05, 3.63) is 46.6 Å². The molecule has 0 aliphatic heterocycles. The summed E-state index contributed by atoms with van der Waals surface area (Å²) < 4.78 is 5.28. The minimum Gasteiger partial charge on any atom is -0.495 e. The van der Waals surface area contributed by atoms with Crippen LogP contribution < -0.4 is 10.1 Å². The molecule has 0 fully saturated rings. The second kappa shape index (κ2) is 10.2. The molecule has 0 spiro atoms. The molecule has 0 bridgehead atoms. The number of nitriles is 1. The number of nitrogens with one attached hydrogen (secondary N) is 1. The molecule has 2 aromatic rings. The second-order valence-electron chi connectivity index (χ2n) is 5.87. The van der Waals surface area contributed by atoms with Gasteiger partial charge in [-0.1, -0.05) is 43.6 Å². The molecular formula is C20H22ClN3O2S. The van der Waals surface area contributed by atoms with Crippen molar-refractivity contribution in [3.63, 3.8) is 0 Å². The monoisotopic (exact) mass is 403 g/mol. The number of aromatic nitrogens is 1. The number of carbonyl (C=O) groups excluding carboxylic acids is 1. The molecule has 1 heterocycles. The lowest BCUT2D eigenvalue weighted by Crippen LogP contribution is -2.25. The lowest BCUT2D eigenvalue weighted by atomic mass is 10.2. The fraction of sp³-hybridized carbons (Fsp3) is 0.350. The van der Waals surface area contributed by atoms with E-state index < -0.39 is 5.25 Å². The molecule has 7 heteroatoms. The number of rotatable bonds is 8. The Morgan fingerprint density at radius 1 is 1.37 bits per heavy atom. The molecule has 1 aromatic heterocycles. The highest BCUT2D eigenvalue weighted by atomic mass is 35.5. The lowest BCUT2D eigenvalue weighted by Gasteiger charge is -2.17. The van der Waals surface area contributed by atoms with E-state index in [2.05, 4.69) is 23.3 Å². The molecule has 0 radical (unpaired) electrons. The number of ether oxygens (including phenoxy) is 1. The molecule has 142 valence electrons. The number of halogens is 1. The highest BCUT2D eigenvalue weighted by Gasteiger charge is 2.22. The number of anilines is 1. The number of aryl methyl sites for hydroxylation is 1. The Balaban J connectivity index is 2.22. The largest absolute Gasteiger partial charge is 0.495 e. The molecule has 0 aliphatic carbocycles. The average Bonchev–Trinajstić information content (AvgIpc) is 2.66. The van der Waals surface area contributed by atoms with Crippen LogP contribution in [0.4, 0.5) is 5.69 Å². The lowest BCUT2D eigenvalue weighted by molar-refractivity contribution is -0.115. The molecule has 1 aromatic carbocycles. The Hall–Kier alpha value is -2.23. The zero-order valence-electron chi connectivity index (χ0n) is 15.6. The summed E-state index contributed by atoms with van der Waals surface area (Å²) in [6, 6.07) is 10.8. The maximum atomic E-state index is 12.8. The molecule has 1 N–H and O–H groups in total. The average molecular weight is 404 g/mol. The second-order valence-corrected chi connectivity index (χ2v) is 7.49. The van der Waals surface area contributed by atoms with E-state index in [9.17, 15) is 10.1 Å². The fourth-order valence-electron chi connectivity index (χ4n) is 2.50. The van der Waals surface area contributed by atoms with Crippen LogP contribution in [0.2, 0.25) is 5.02 Å². The summed E-state index contributed by atoms with van der Waals surface area (Å²) in [6.45, 7) is 4.00. The van der Waals surface area contributed by atoms with Gasteiger partial charge in [-0.05, 0) is 43.2 Å². The zero-order valence-corrected chi connectivity index (χ0v) is 17.2. The van der Waals surface area contributed by atoms with Crippen molar-refractivity contribution < 1.29 is 9.53 Å². The van der Waals surface area contributed by atoms with Gasteiger partial charge in [0.15, 0.2) is 0 Å². The first kappa shape index (κ1) is 21.1. The van der Waals surface area contributed by atoms with Crippen LogP contribution in [-0.4, -0.2) is 23.3 Å². The number of carbonyl (C=O) groups is 1. The first-order chi connectivity index (χ1) is 13.0. The minimum atomic E-state index is -0.398. The first-order valence-electron chi connectivity index (χ1n) is 8.73. The Morgan fingerprint density at radius 3 is 2.78 bits per heavy atom. The van der Waals surface area contributed by atoms with Gasteiger partial charge in [-0.25, -0.2) is 4.98 Å². The van der Waals surface area contributed by atoms with E-state index in [4.69, 9.17) is 16.3 Å². The van der Waals surface area contributed by atoms with Crippen LogP contribution in [0, 0.1) is 11.3 Å². The van der Waals surface area contributed by atoms with Crippen LogP contribution in [0.1, 0.15) is 37.9 Å². The number of thioether (sulfide) groups is 1. The minimum absolute atomic E-state index is 0.186. The normalized spacial score (nSPS) is 11.5. The third-order valence-electron chi connectivity index (χ3n) is 3.88. The van der Waals surface area contributed by atoms with Crippen LogP contribution in [0.15, 0.2) is 35.4 Å². The van der Waals surface area contributed by atoms with Crippen LogP contribution in [0.25, 0.3) is 0 Å². The summed E-state index contributed by atoms with van der Waals surface area (Å²) in [5.41, 5.74) is 1.92. The highest BCUT2D eigenvalue weighted by Crippen LogP contribution is 2.31. The van der Waals surface area contributed by atoms with Crippen LogP contribution in [0.3, 0.4) is 0 Å². The van der Waals surface area contributed by atoms with Gasteiger partial charge in [-0.3, -0.25) is 4.79 Å². The van der Waals surface area contributed by atoms with Crippen molar-refractivity contribution in [1.29, 1.82) is 5.26 Å². The van der Waals surface area contributed by atoms with Gasteiger partial charge in [0.1, 0.15) is 16.8 Å². The smallest absolute Gasteiger partial charge is 0.238 e. The van der Waals surface area contributed by atoms with Crippen molar-refractivity contribution in [1.82, 2.24) is 4.98 Å². The topological polar surface area (TPSA) is 75.0 Å². The fourth-order valence-corrected chi connectivity index (χ4v) is 3.68. The van der Waals surface area contributed by atoms with E-state index in [0.29, 0.717) is 33.5 Å². The van der Waals surface area contributed by atoms with E-state index in [-0.39, 0.29) is 5.91 Å². The SMILES string of the molecule is CCCc1ccc(C#N)c(SC(CC)C(=O)Nc2cc(Cl)ccc2OC)n1. The standard InChI is InChI=1S/C20H22ClN3O2S/c1-4-6-15-9-7-13(12-22)20(23-15)27-18(5-2)19(25)24-16-11-14(21)8-10-17(16)26-3/h7-11,18H,4-6H2,1-3H3,(H,24,25). The van der Waals surface area contributed by atoms with Gasteiger partial charge in [-0.2, -0.15) is 5.26 Å². The van der Waals surface area contributed by atoms with Gasteiger partial charge < -0.3 is 10.1 Å². The molecule has 0 saturated heterocycles. The number of methoxy groups -OCH3 is 1. The third kappa shape index (κ3) is 5.62. The molecule has 1 unspecified atom stereocenters. The Labute approximate surface area is 169 Å². The van der Waals surface area contributed by atoms with Crippen molar-refractivity contribution in [2.75, 3.05) is 12.4 Å². The van der Waals surface area contributed by atoms with E-state index in [0.717, 1.165) is 18.5 Å². The number of hydrogen-bond donors (Lipinski definition) is 1. The number of pyridine rings is 1. The van der Waals surface area contributed by atoms with E-state index in [1.165, 1.54) is 18.9 Å². The number of hydrogen-bond acceptors (Lipinski definition) is 5. The first-order valence-corrected chi connectivity index (χ1v) is 9.99. The van der Waals surface area contributed by atoms with E-state index >= 15 is 0 Å². The van der Waals surface area contributed by atoms with Gasteiger partial charge in [0, 0.05) is 10.7 Å².